The first kappa shape index (κ1) is 29.6. The second-order valence-electron chi connectivity index (χ2n) is 14.4. The van der Waals surface area contributed by atoms with Crippen molar-refractivity contribution >= 4 is 81.3 Å². The Balaban J connectivity index is 1.21. The molecule has 0 spiro atoms. The summed E-state index contributed by atoms with van der Waals surface area (Å²) in [6.45, 7) is 4.71. The highest BCUT2D eigenvalue weighted by molar-refractivity contribution is 7.25. The van der Waals surface area contributed by atoms with Gasteiger partial charge in [-0.05, 0) is 81.9 Å². The predicted molar refractivity (Wildman–Crippen MR) is 222 cm³/mol. The van der Waals surface area contributed by atoms with Gasteiger partial charge in [0.15, 0.2) is 0 Å². The number of hydrogen-bond acceptors (Lipinski definition) is 3. The lowest BCUT2D eigenvalue weighted by Gasteiger charge is -2.29. The van der Waals surface area contributed by atoms with E-state index in [1.54, 1.807) is 0 Å². The molecule has 0 amide bonds. The molecule has 0 aliphatic heterocycles. The molecule has 3 heteroatoms. The van der Waals surface area contributed by atoms with Gasteiger partial charge in [0.1, 0.15) is 11.2 Å². The number of para-hydroxylation sites is 1. The van der Waals surface area contributed by atoms with Crippen molar-refractivity contribution in [3.8, 4) is 22.3 Å². The Labute approximate surface area is 305 Å². The number of nitrogens with zero attached hydrogens (tertiary/aromatic N) is 1. The summed E-state index contributed by atoms with van der Waals surface area (Å²) in [6, 6.07) is 59.8. The Morgan fingerprint density at radius 1 is 0.462 bits per heavy atom. The Morgan fingerprint density at radius 2 is 1.12 bits per heavy atom. The van der Waals surface area contributed by atoms with Gasteiger partial charge in [-0.2, -0.15) is 0 Å². The summed E-state index contributed by atoms with van der Waals surface area (Å²) in [6.07, 6.45) is 0. The van der Waals surface area contributed by atoms with E-state index in [4.69, 9.17) is 4.42 Å². The van der Waals surface area contributed by atoms with Crippen molar-refractivity contribution in [2.24, 2.45) is 0 Å². The number of furan rings is 1. The van der Waals surface area contributed by atoms with Crippen LogP contribution in [-0.2, 0) is 5.41 Å². The zero-order valence-electron chi connectivity index (χ0n) is 28.9. The minimum atomic E-state index is -0.112. The molecule has 0 saturated heterocycles. The predicted octanol–water partition coefficient (Wildman–Crippen LogP) is 14.6. The van der Waals surface area contributed by atoms with Crippen LogP contribution >= 0.6 is 11.3 Å². The summed E-state index contributed by atoms with van der Waals surface area (Å²) in [4.78, 5) is 2.44. The number of rotatable bonds is 4. The van der Waals surface area contributed by atoms with Gasteiger partial charge in [-0.3, -0.25) is 0 Å². The van der Waals surface area contributed by atoms with Crippen molar-refractivity contribution in [1.82, 2.24) is 0 Å². The molecule has 0 saturated carbocycles. The lowest BCUT2D eigenvalue weighted by molar-refractivity contribution is 0.660. The van der Waals surface area contributed by atoms with Gasteiger partial charge in [0.2, 0.25) is 0 Å². The number of anilines is 3. The fourth-order valence-electron chi connectivity index (χ4n) is 8.87. The number of hydrogen-bond donors (Lipinski definition) is 0. The molecule has 1 aliphatic carbocycles. The highest BCUT2D eigenvalue weighted by Crippen LogP contribution is 2.52. The fraction of sp³-hybridized carbons (Fsp3) is 0.0612. The van der Waals surface area contributed by atoms with Gasteiger partial charge >= 0.3 is 0 Å². The van der Waals surface area contributed by atoms with E-state index in [0.717, 1.165) is 49.8 Å². The molecular formula is C49H33NOS. The van der Waals surface area contributed by atoms with E-state index in [-0.39, 0.29) is 5.41 Å². The first-order valence-electron chi connectivity index (χ1n) is 17.9. The highest BCUT2D eigenvalue weighted by Gasteiger charge is 2.36. The zero-order valence-corrected chi connectivity index (χ0v) is 29.7. The van der Waals surface area contributed by atoms with Crippen LogP contribution in [0.1, 0.15) is 25.0 Å². The summed E-state index contributed by atoms with van der Waals surface area (Å²) >= 11 is 1.86. The monoisotopic (exact) mass is 683 g/mol. The fourth-order valence-corrected chi connectivity index (χ4v) is 10.0. The van der Waals surface area contributed by atoms with Gasteiger partial charge in [0, 0.05) is 58.5 Å². The first-order valence-corrected chi connectivity index (χ1v) is 18.7. The van der Waals surface area contributed by atoms with Crippen LogP contribution < -0.4 is 4.90 Å². The van der Waals surface area contributed by atoms with Gasteiger partial charge in [0.25, 0.3) is 0 Å². The SMILES string of the molecule is CC1(C)c2ccccc2-c2ccc(N(c3ccccc3)c3cc4c(oc5cccc(-c6cccc7sc8ccccc8c67)c54)c4ccccc34)cc21. The average molecular weight is 684 g/mol. The summed E-state index contributed by atoms with van der Waals surface area (Å²) in [5.41, 5.74) is 12.9. The summed E-state index contributed by atoms with van der Waals surface area (Å²) in [7, 11) is 0. The van der Waals surface area contributed by atoms with Crippen LogP contribution in [0.3, 0.4) is 0 Å². The van der Waals surface area contributed by atoms with Crippen LogP contribution in [0.15, 0.2) is 168 Å². The number of thiophene rings is 1. The molecule has 10 aromatic rings. The van der Waals surface area contributed by atoms with Crippen LogP contribution in [0.5, 0.6) is 0 Å². The van der Waals surface area contributed by atoms with Crippen LogP contribution in [0, 0.1) is 0 Å². The maximum Gasteiger partial charge on any atom is 0.143 e. The molecule has 1 aliphatic rings. The Kier molecular flexibility index (Phi) is 6.21. The second kappa shape index (κ2) is 10.9. The van der Waals surface area contributed by atoms with Crippen molar-refractivity contribution < 1.29 is 4.42 Å². The first-order chi connectivity index (χ1) is 25.6. The minimum absolute atomic E-state index is 0.112. The van der Waals surface area contributed by atoms with Crippen LogP contribution in [-0.4, -0.2) is 0 Å². The third kappa shape index (κ3) is 4.11. The Bertz CT molecular complexity index is 3060. The zero-order chi connectivity index (χ0) is 34.6. The van der Waals surface area contributed by atoms with Crippen LogP contribution in [0.2, 0.25) is 0 Å². The normalized spacial score (nSPS) is 13.3. The van der Waals surface area contributed by atoms with Gasteiger partial charge in [0.05, 0.1) is 5.69 Å². The van der Waals surface area contributed by atoms with Gasteiger partial charge < -0.3 is 9.32 Å². The van der Waals surface area contributed by atoms with E-state index in [9.17, 15) is 0 Å². The maximum absolute atomic E-state index is 6.86. The minimum Gasteiger partial charge on any atom is -0.455 e. The molecule has 246 valence electrons. The molecule has 0 atom stereocenters. The second-order valence-corrected chi connectivity index (χ2v) is 15.5. The molecule has 0 unspecified atom stereocenters. The lowest BCUT2D eigenvalue weighted by atomic mass is 9.82. The van der Waals surface area contributed by atoms with Gasteiger partial charge in [-0.1, -0.05) is 129 Å². The molecule has 0 bridgehead atoms. The maximum atomic E-state index is 6.86. The number of benzene rings is 8. The van der Waals surface area contributed by atoms with E-state index in [0.29, 0.717) is 0 Å². The summed E-state index contributed by atoms with van der Waals surface area (Å²) in [5.74, 6) is 0. The molecule has 0 radical (unpaired) electrons. The molecule has 8 aromatic carbocycles. The van der Waals surface area contributed by atoms with Crippen molar-refractivity contribution in [2.75, 3.05) is 4.90 Å². The standard InChI is InChI=1S/C49H33NOS/c1-49(2)40-22-10-8-16-32(40)33-27-26-31(28-41(33)49)50(30-14-4-3-5-15-30)42-29-39-46-35(20-12-23-43(46)51-48(39)37-18-7-6-17-34(37)42)36-21-13-25-45-47(36)38-19-9-11-24-44(38)52-45/h3-29H,1-2H3. The quantitative estimate of drug-likeness (QED) is 0.184. The summed E-state index contributed by atoms with van der Waals surface area (Å²) < 4.78 is 9.47. The third-order valence-corrected chi connectivity index (χ3v) is 12.4. The molecular weight excluding hydrogens is 651 g/mol. The molecule has 2 nitrogen and oxygen atoms in total. The van der Waals surface area contributed by atoms with Crippen molar-refractivity contribution in [3.63, 3.8) is 0 Å². The van der Waals surface area contributed by atoms with Crippen molar-refractivity contribution in [2.45, 2.75) is 19.3 Å². The van der Waals surface area contributed by atoms with E-state index < -0.39 is 0 Å². The molecule has 52 heavy (non-hydrogen) atoms. The van der Waals surface area contributed by atoms with Gasteiger partial charge in [-0.25, -0.2) is 0 Å². The van der Waals surface area contributed by atoms with Gasteiger partial charge in [-0.15, -0.1) is 11.3 Å². The summed E-state index contributed by atoms with van der Waals surface area (Å²) in [5, 5.41) is 7.11. The third-order valence-electron chi connectivity index (χ3n) is 11.3. The van der Waals surface area contributed by atoms with E-state index in [2.05, 4.69) is 183 Å². The Morgan fingerprint density at radius 3 is 1.98 bits per heavy atom. The van der Waals surface area contributed by atoms with Crippen molar-refractivity contribution in [1.29, 1.82) is 0 Å². The molecule has 2 aromatic heterocycles. The average Bonchev–Trinajstić information content (AvgIpc) is 3.84. The smallest absolute Gasteiger partial charge is 0.143 e. The van der Waals surface area contributed by atoms with Crippen LogP contribution in [0.4, 0.5) is 17.1 Å². The van der Waals surface area contributed by atoms with E-state index in [1.165, 1.54) is 53.6 Å². The van der Waals surface area contributed by atoms with E-state index >= 15 is 0 Å². The van der Waals surface area contributed by atoms with Crippen molar-refractivity contribution in [3.05, 3.63) is 175 Å². The van der Waals surface area contributed by atoms with E-state index in [1.807, 2.05) is 11.3 Å². The Hall–Kier alpha value is -6.16. The molecule has 0 fully saturated rings. The largest absolute Gasteiger partial charge is 0.455 e. The lowest BCUT2D eigenvalue weighted by Crippen LogP contribution is -2.16. The molecule has 2 heterocycles. The number of fused-ring (bicyclic) bond motifs is 11. The highest BCUT2D eigenvalue weighted by atomic mass is 32.1. The topological polar surface area (TPSA) is 16.4 Å². The molecule has 11 rings (SSSR count). The van der Waals surface area contributed by atoms with Crippen LogP contribution in [0.25, 0.3) is 75.1 Å². The molecule has 0 N–H and O–H groups in total.